The highest BCUT2D eigenvalue weighted by Crippen LogP contribution is 2.26. The number of hydrogen-bond acceptors (Lipinski definition) is 7. The first-order valence-electron chi connectivity index (χ1n) is 8.10. The maximum atomic E-state index is 13.5. The third kappa shape index (κ3) is 4.35. The van der Waals surface area contributed by atoms with Crippen LogP contribution in [0.3, 0.4) is 0 Å². The van der Waals surface area contributed by atoms with Crippen molar-refractivity contribution in [3.05, 3.63) is 60.0 Å². The number of ether oxygens (including phenoxy) is 3. The van der Waals surface area contributed by atoms with E-state index in [9.17, 15) is 9.18 Å². The summed E-state index contributed by atoms with van der Waals surface area (Å²) in [6.07, 6.45) is 0. The van der Waals surface area contributed by atoms with E-state index < -0.39 is 11.8 Å². The van der Waals surface area contributed by atoms with Crippen molar-refractivity contribution in [3.8, 4) is 28.8 Å². The summed E-state index contributed by atoms with van der Waals surface area (Å²) in [6, 6.07) is 12.4. The molecule has 138 valence electrons. The van der Waals surface area contributed by atoms with Crippen LogP contribution in [0.4, 0.5) is 4.39 Å². The Kier molecular flexibility index (Phi) is 5.55. The van der Waals surface area contributed by atoms with Crippen molar-refractivity contribution >= 4 is 5.97 Å². The minimum Gasteiger partial charge on any atom is -0.497 e. The Morgan fingerprint density at radius 3 is 2.48 bits per heavy atom. The predicted molar refractivity (Wildman–Crippen MR) is 94.2 cm³/mol. The highest BCUT2D eigenvalue weighted by Gasteiger charge is 2.21. The molecule has 0 unspecified atom stereocenters. The Balaban J connectivity index is 2.00. The molecule has 1 heterocycles. The van der Waals surface area contributed by atoms with Crippen LogP contribution in [-0.2, 0) is 4.74 Å². The highest BCUT2D eigenvalue weighted by molar-refractivity contribution is 5.89. The average Bonchev–Trinajstić information content (AvgIpc) is 2.68. The monoisotopic (exact) mass is 369 g/mol. The van der Waals surface area contributed by atoms with Crippen molar-refractivity contribution in [2.75, 3.05) is 13.7 Å². The number of nitrogens with zero attached hydrogens (tertiary/aromatic N) is 3. The van der Waals surface area contributed by atoms with Crippen molar-refractivity contribution < 1.29 is 23.4 Å². The fourth-order valence-electron chi connectivity index (χ4n) is 2.22. The first-order chi connectivity index (χ1) is 13.1. The Bertz CT molecular complexity index is 948. The van der Waals surface area contributed by atoms with E-state index in [1.54, 1.807) is 44.4 Å². The topological polar surface area (TPSA) is 83.4 Å². The molecule has 2 aromatic carbocycles. The zero-order chi connectivity index (χ0) is 19.2. The SMILES string of the molecule is CCOC(=O)c1nnc(-c2cccc(F)c2)nc1Oc1ccc(OC)cc1. The van der Waals surface area contributed by atoms with E-state index in [-0.39, 0.29) is 24.0 Å². The molecule has 0 saturated carbocycles. The number of methoxy groups -OCH3 is 1. The molecule has 27 heavy (non-hydrogen) atoms. The molecule has 7 nitrogen and oxygen atoms in total. The zero-order valence-electron chi connectivity index (χ0n) is 14.7. The number of carbonyl (C=O) groups excluding carboxylic acids is 1. The summed E-state index contributed by atoms with van der Waals surface area (Å²) in [5.41, 5.74) is 0.227. The molecule has 0 spiro atoms. The van der Waals surface area contributed by atoms with Gasteiger partial charge in [-0.25, -0.2) is 9.18 Å². The van der Waals surface area contributed by atoms with E-state index in [1.165, 1.54) is 18.2 Å². The Hall–Kier alpha value is -3.55. The van der Waals surface area contributed by atoms with Gasteiger partial charge in [0, 0.05) is 5.56 Å². The van der Waals surface area contributed by atoms with E-state index in [2.05, 4.69) is 15.2 Å². The van der Waals surface area contributed by atoms with Gasteiger partial charge in [0.15, 0.2) is 5.82 Å². The summed E-state index contributed by atoms with van der Waals surface area (Å²) in [5.74, 6) is -0.0739. The van der Waals surface area contributed by atoms with Crippen molar-refractivity contribution in [1.82, 2.24) is 15.2 Å². The molecule has 0 aliphatic carbocycles. The quantitative estimate of drug-likeness (QED) is 0.613. The van der Waals surface area contributed by atoms with Crippen LogP contribution >= 0.6 is 0 Å². The lowest BCUT2D eigenvalue weighted by atomic mass is 10.2. The number of hydrogen-bond donors (Lipinski definition) is 0. The number of aromatic nitrogens is 3. The third-order valence-electron chi connectivity index (χ3n) is 3.48. The summed E-state index contributed by atoms with van der Waals surface area (Å²) in [4.78, 5) is 16.4. The summed E-state index contributed by atoms with van der Waals surface area (Å²) >= 11 is 0. The molecule has 0 radical (unpaired) electrons. The van der Waals surface area contributed by atoms with Crippen LogP contribution in [0.5, 0.6) is 17.4 Å². The van der Waals surface area contributed by atoms with Crippen LogP contribution in [0.1, 0.15) is 17.4 Å². The van der Waals surface area contributed by atoms with E-state index in [4.69, 9.17) is 14.2 Å². The van der Waals surface area contributed by atoms with Crippen LogP contribution in [0.2, 0.25) is 0 Å². The van der Waals surface area contributed by atoms with Gasteiger partial charge in [0.2, 0.25) is 5.69 Å². The summed E-state index contributed by atoms with van der Waals surface area (Å²) in [6.45, 7) is 1.83. The molecule has 0 aliphatic heterocycles. The van der Waals surface area contributed by atoms with Gasteiger partial charge in [0.1, 0.15) is 17.3 Å². The van der Waals surface area contributed by atoms with Crippen molar-refractivity contribution in [2.24, 2.45) is 0 Å². The second-order valence-corrected chi connectivity index (χ2v) is 5.30. The molecule has 3 aromatic rings. The molecule has 0 bridgehead atoms. The Morgan fingerprint density at radius 1 is 1.07 bits per heavy atom. The van der Waals surface area contributed by atoms with E-state index in [1.807, 2.05) is 0 Å². The van der Waals surface area contributed by atoms with Gasteiger partial charge in [-0.3, -0.25) is 0 Å². The molecule has 0 fully saturated rings. The number of esters is 1. The van der Waals surface area contributed by atoms with Gasteiger partial charge < -0.3 is 14.2 Å². The second kappa shape index (κ2) is 8.22. The van der Waals surface area contributed by atoms with Gasteiger partial charge in [-0.2, -0.15) is 4.98 Å². The van der Waals surface area contributed by atoms with Crippen molar-refractivity contribution in [2.45, 2.75) is 6.92 Å². The molecule has 3 rings (SSSR count). The first kappa shape index (κ1) is 18.2. The zero-order valence-corrected chi connectivity index (χ0v) is 14.7. The van der Waals surface area contributed by atoms with Gasteiger partial charge in [0.05, 0.1) is 13.7 Å². The van der Waals surface area contributed by atoms with Crippen LogP contribution in [-0.4, -0.2) is 34.9 Å². The van der Waals surface area contributed by atoms with Crippen LogP contribution in [0.15, 0.2) is 48.5 Å². The smallest absolute Gasteiger partial charge is 0.364 e. The number of carbonyl (C=O) groups is 1. The van der Waals surface area contributed by atoms with Gasteiger partial charge in [0.25, 0.3) is 5.88 Å². The lowest BCUT2D eigenvalue weighted by Gasteiger charge is -2.10. The van der Waals surface area contributed by atoms with Crippen molar-refractivity contribution in [1.29, 1.82) is 0 Å². The number of rotatable bonds is 6. The normalized spacial score (nSPS) is 10.3. The van der Waals surface area contributed by atoms with E-state index in [0.29, 0.717) is 17.1 Å². The predicted octanol–water partition coefficient (Wildman–Crippen LogP) is 3.66. The summed E-state index contributed by atoms with van der Waals surface area (Å²) < 4.78 is 29.3. The number of benzene rings is 2. The fraction of sp³-hybridized carbons (Fsp3) is 0.158. The van der Waals surface area contributed by atoms with Crippen LogP contribution in [0.25, 0.3) is 11.4 Å². The van der Waals surface area contributed by atoms with Gasteiger partial charge >= 0.3 is 5.97 Å². The largest absolute Gasteiger partial charge is 0.497 e. The second-order valence-electron chi connectivity index (χ2n) is 5.30. The maximum absolute atomic E-state index is 13.5. The third-order valence-corrected chi connectivity index (χ3v) is 3.48. The van der Waals surface area contributed by atoms with E-state index in [0.717, 1.165) is 0 Å². The molecule has 0 N–H and O–H groups in total. The highest BCUT2D eigenvalue weighted by atomic mass is 19.1. The van der Waals surface area contributed by atoms with Gasteiger partial charge in [-0.05, 0) is 43.3 Å². The molecule has 1 aromatic heterocycles. The fourth-order valence-corrected chi connectivity index (χ4v) is 2.22. The summed E-state index contributed by atoms with van der Waals surface area (Å²) in [7, 11) is 1.55. The maximum Gasteiger partial charge on any atom is 0.364 e. The molecule has 8 heteroatoms. The van der Waals surface area contributed by atoms with Gasteiger partial charge in [-0.15, -0.1) is 10.2 Å². The molecular weight excluding hydrogens is 353 g/mol. The average molecular weight is 369 g/mol. The molecule has 0 aliphatic rings. The molecule has 0 saturated heterocycles. The minimum absolute atomic E-state index is 0.0899. The molecular formula is C19H16FN3O4. The minimum atomic E-state index is -0.716. The molecule has 0 atom stereocenters. The van der Waals surface area contributed by atoms with Crippen LogP contribution in [0, 0.1) is 5.82 Å². The Morgan fingerprint density at radius 2 is 1.81 bits per heavy atom. The standard InChI is InChI=1S/C19H16FN3O4/c1-3-26-19(24)16-18(27-15-9-7-14(25-2)8-10-15)21-17(23-22-16)12-5-4-6-13(20)11-12/h4-11H,3H2,1-2H3. The lowest BCUT2D eigenvalue weighted by molar-refractivity contribution is 0.0514. The van der Waals surface area contributed by atoms with Gasteiger partial charge in [-0.1, -0.05) is 12.1 Å². The number of halogens is 1. The summed E-state index contributed by atoms with van der Waals surface area (Å²) in [5, 5.41) is 7.77. The molecule has 0 amide bonds. The van der Waals surface area contributed by atoms with Crippen LogP contribution < -0.4 is 9.47 Å². The lowest BCUT2D eigenvalue weighted by Crippen LogP contribution is -2.12. The van der Waals surface area contributed by atoms with Crippen molar-refractivity contribution in [3.63, 3.8) is 0 Å². The Labute approximate surface area is 154 Å². The van der Waals surface area contributed by atoms with E-state index >= 15 is 0 Å². The first-order valence-corrected chi connectivity index (χ1v) is 8.10.